The molecule has 0 atom stereocenters. The van der Waals surface area contributed by atoms with E-state index in [0.717, 1.165) is 0 Å². The molecule has 0 spiro atoms. The Balaban J connectivity index is 2.62. The molecule has 0 unspecified atom stereocenters. The maximum Gasteiger partial charge on any atom is 0.00469 e. The summed E-state index contributed by atoms with van der Waals surface area (Å²) in [5, 5.41) is 0. The van der Waals surface area contributed by atoms with Crippen molar-refractivity contribution in [2.75, 3.05) is 0 Å². The topological polar surface area (TPSA) is 0 Å². The van der Waals surface area contributed by atoms with Gasteiger partial charge in [0.2, 0.25) is 0 Å². The fourth-order valence-electron chi connectivity index (χ4n) is 0.167. The highest BCUT2D eigenvalue weighted by Crippen LogP contribution is 1.71. The molecule has 2 radical (unpaired) electrons. The zero-order chi connectivity index (χ0) is 4.12. The van der Waals surface area contributed by atoms with Crippen LogP contribution < -0.4 is 0 Å². The van der Waals surface area contributed by atoms with E-state index in [-0.39, 0.29) is 0 Å². The summed E-state index contributed by atoms with van der Waals surface area (Å²) in [4.78, 5) is 0. The zero-order valence-electron chi connectivity index (χ0n) is 3.65. The van der Waals surface area contributed by atoms with Crippen LogP contribution in [0.1, 0.15) is 13.8 Å². The van der Waals surface area contributed by atoms with Gasteiger partial charge in [-0.05, 0) is 6.92 Å². The second-order valence-corrected chi connectivity index (χ2v) is 0.789. The molecule has 0 aliphatic rings. The van der Waals surface area contributed by atoms with E-state index in [1.165, 1.54) is 0 Å². The molecule has 0 N–H and O–H groups in total. The van der Waals surface area contributed by atoms with Gasteiger partial charge in [0.15, 0.2) is 0 Å². The summed E-state index contributed by atoms with van der Waals surface area (Å²) in [5.74, 6) is 0. The van der Waals surface area contributed by atoms with Crippen LogP contribution in [0.4, 0.5) is 0 Å². The second kappa shape index (κ2) is 3.74. The van der Waals surface area contributed by atoms with Crippen molar-refractivity contribution in [1.82, 2.24) is 0 Å². The molecule has 28 valence electrons. The number of hydrogen-bond acceptors (Lipinski definition) is 0. The Hall–Kier alpha value is -0.260. The first-order valence-electron chi connectivity index (χ1n) is 1.70. The summed E-state index contributed by atoms with van der Waals surface area (Å²) in [6.07, 6.45) is 6.66. The van der Waals surface area contributed by atoms with Crippen molar-refractivity contribution in [3.8, 4) is 0 Å². The fraction of sp³-hybridized carbons (Fsp3) is 0.400. The van der Waals surface area contributed by atoms with Gasteiger partial charge in [-0.3, -0.25) is 0 Å². The lowest BCUT2D eigenvalue weighted by Gasteiger charge is -1.63. The van der Waals surface area contributed by atoms with Crippen molar-refractivity contribution >= 4 is 0 Å². The van der Waals surface area contributed by atoms with Crippen molar-refractivity contribution in [3.63, 3.8) is 0 Å². The minimum absolute atomic E-state index is 1.88. The largest absolute Gasteiger partial charge is 0.0910 e. The van der Waals surface area contributed by atoms with E-state index in [2.05, 4.69) is 6.42 Å². The normalized spacial score (nSPS) is 10.0. The lowest BCUT2D eigenvalue weighted by Crippen LogP contribution is -1.45. The highest BCUT2D eigenvalue weighted by atomic mass is 13.6. The summed E-state index contributed by atoms with van der Waals surface area (Å²) in [6.45, 7) is 3.84. The van der Waals surface area contributed by atoms with E-state index < -0.39 is 0 Å². The van der Waals surface area contributed by atoms with E-state index in [1.807, 2.05) is 26.0 Å². The van der Waals surface area contributed by atoms with Gasteiger partial charge in [-0.2, -0.15) is 0 Å². The van der Waals surface area contributed by atoms with Gasteiger partial charge in [-0.15, -0.1) is 0 Å². The fourth-order valence-corrected chi connectivity index (χ4v) is 0.167. The van der Waals surface area contributed by atoms with E-state index in [9.17, 15) is 0 Å². The van der Waals surface area contributed by atoms with Crippen molar-refractivity contribution in [2.24, 2.45) is 0 Å². The second-order valence-electron chi connectivity index (χ2n) is 0.789. The molecule has 0 bridgehead atoms. The molecule has 0 saturated heterocycles. The number of rotatable bonds is 1. The van der Waals surface area contributed by atoms with Crippen molar-refractivity contribution in [3.05, 3.63) is 18.6 Å². The van der Waals surface area contributed by atoms with Crippen LogP contribution in [0.3, 0.4) is 0 Å². The van der Waals surface area contributed by atoms with Crippen LogP contribution in [0.25, 0.3) is 0 Å². The van der Waals surface area contributed by atoms with Crippen LogP contribution >= 0.6 is 0 Å². The molecular weight excluding hydrogens is 60.1 g/mol. The third-order valence-electron chi connectivity index (χ3n) is 0.333. The van der Waals surface area contributed by atoms with E-state index in [0.29, 0.717) is 0 Å². The molecule has 0 heterocycles. The van der Waals surface area contributed by atoms with Crippen molar-refractivity contribution in [1.29, 1.82) is 0 Å². The quantitative estimate of drug-likeness (QED) is 0.438. The average Bonchev–Trinajstić information content (AvgIpc) is 1.41. The average molecular weight is 68.1 g/mol. The zero-order valence-corrected chi connectivity index (χ0v) is 3.65. The number of hydrogen-bond donors (Lipinski definition) is 0. The van der Waals surface area contributed by atoms with Crippen molar-refractivity contribution < 1.29 is 0 Å². The smallest absolute Gasteiger partial charge is 0.00469 e. The monoisotopic (exact) mass is 68.1 g/mol. The van der Waals surface area contributed by atoms with Crippen molar-refractivity contribution in [2.45, 2.75) is 13.8 Å². The molecule has 0 aromatic carbocycles. The third kappa shape index (κ3) is 3.74. The van der Waals surface area contributed by atoms with Crippen LogP contribution in [0.5, 0.6) is 0 Å². The first-order valence-corrected chi connectivity index (χ1v) is 1.70. The Morgan fingerprint density at radius 3 is 2.20 bits per heavy atom. The molecule has 0 amide bonds. The van der Waals surface area contributed by atoms with Crippen LogP contribution in [0, 0.1) is 6.42 Å². The van der Waals surface area contributed by atoms with E-state index in [4.69, 9.17) is 0 Å². The molecule has 0 heteroatoms. The summed E-state index contributed by atoms with van der Waals surface area (Å²) in [5.41, 5.74) is 0. The standard InChI is InChI=1S/C5H8/c1-3-5-4-2/h3,5H,1-2H3. The molecule has 0 fully saturated rings. The predicted molar refractivity (Wildman–Crippen MR) is 23.7 cm³/mol. The lowest BCUT2D eigenvalue weighted by molar-refractivity contribution is 1.53. The first-order chi connectivity index (χ1) is 2.41. The van der Waals surface area contributed by atoms with Crippen LogP contribution in [-0.4, -0.2) is 0 Å². The van der Waals surface area contributed by atoms with E-state index >= 15 is 0 Å². The van der Waals surface area contributed by atoms with Gasteiger partial charge >= 0.3 is 0 Å². The Labute approximate surface area is 33.5 Å². The minimum atomic E-state index is 1.88. The van der Waals surface area contributed by atoms with E-state index in [1.54, 1.807) is 0 Å². The summed E-state index contributed by atoms with van der Waals surface area (Å²) >= 11 is 0. The summed E-state index contributed by atoms with van der Waals surface area (Å²) < 4.78 is 0. The van der Waals surface area contributed by atoms with Gasteiger partial charge in [0.25, 0.3) is 0 Å². The molecule has 0 nitrogen and oxygen atoms in total. The van der Waals surface area contributed by atoms with Gasteiger partial charge in [0.05, 0.1) is 0 Å². The lowest BCUT2D eigenvalue weighted by atomic mass is 10.4. The molecule has 0 aliphatic carbocycles. The third-order valence-corrected chi connectivity index (χ3v) is 0.333. The summed E-state index contributed by atoms with van der Waals surface area (Å²) in [6, 6.07) is 0. The Bertz CT molecular complexity index is 27.0. The molecule has 5 heavy (non-hydrogen) atoms. The van der Waals surface area contributed by atoms with Gasteiger partial charge in [0, 0.05) is 6.42 Å². The van der Waals surface area contributed by atoms with Gasteiger partial charge in [-0.1, -0.05) is 19.1 Å². The Morgan fingerprint density at radius 2 is 2.20 bits per heavy atom. The highest BCUT2D eigenvalue weighted by molar-refractivity contribution is 4.87. The Morgan fingerprint density at radius 1 is 1.60 bits per heavy atom. The predicted octanol–water partition coefficient (Wildman–Crippen LogP) is 1.66. The highest BCUT2D eigenvalue weighted by Gasteiger charge is 1.54. The molecule has 0 aromatic heterocycles. The minimum Gasteiger partial charge on any atom is -0.0910 e. The first kappa shape index (κ1) is 4.74. The van der Waals surface area contributed by atoms with Crippen LogP contribution in [0.15, 0.2) is 12.2 Å². The number of allylic oxidation sites excluding steroid dienone is 2. The van der Waals surface area contributed by atoms with Crippen LogP contribution in [-0.2, 0) is 0 Å². The molecule has 0 rings (SSSR count). The van der Waals surface area contributed by atoms with Gasteiger partial charge < -0.3 is 0 Å². The molecule has 0 saturated carbocycles. The maximum atomic E-state index is 2.84. The molecular formula is C5H8. The molecule has 0 aliphatic heterocycles. The Kier molecular flexibility index (Phi) is 3.55. The summed E-state index contributed by atoms with van der Waals surface area (Å²) in [7, 11) is 0. The van der Waals surface area contributed by atoms with Crippen LogP contribution in [0.2, 0.25) is 0 Å². The molecule has 0 aromatic rings. The SMILES string of the molecule is C[C]C=CC. The van der Waals surface area contributed by atoms with Gasteiger partial charge in [0.1, 0.15) is 0 Å². The maximum absolute atomic E-state index is 2.84. The van der Waals surface area contributed by atoms with Gasteiger partial charge in [-0.25, -0.2) is 0 Å².